The molecule has 3 heteroatoms. The van der Waals surface area contributed by atoms with E-state index in [-0.39, 0.29) is 0 Å². The van der Waals surface area contributed by atoms with E-state index in [0.717, 1.165) is 24.8 Å². The van der Waals surface area contributed by atoms with Gasteiger partial charge < -0.3 is 10.5 Å². The van der Waals surface area contributed by atoms with Gasteiger partial charge in [-0.25, -0.2) is 0 Å². The number of rotatable bonds is 4. The zero-order valence-corrected chi connectivity index (χ0v) is 11.4. The molecule has 1 saturated heterocycles. The first-order chi connectivity index (χ1) is 8.74. The summed E-state index contributed by atoms with van der Waals surface area (Å²) in [6.45, 7) is 5.30. The molecule has 1 fully saturated rings. The lowest BCUT2D eigenvalue weighted by atomic mass is 9.96. The molecule has 1 aromatic carbocycles. The Morgan fingerprint density at radius 3 is 3.00 bits per heavy atom. The van der Waals surface area contributed by atoms with Crippen LogP contribution in [0.5, 0.6) is 5.75 Å². The van der Waals surface area contributed by atoms with E-state index in [4.69, 9.17) is 10.5 Å². The number of methoxy groups -OCH3 is 1. The SMILES string of the molecule is COc1cccc([C@@H](CN)N2CCC[C@H](C)C2)c1. The van der Waals surface area contributed by atoms with Gasteiger partial charge in [0.25, 0.3) is 0 Å². The van der Waals surface area contributed by atoms with Crippen molar-refractivity contribution in [3.8, 4) is 5.75 Å². The van der Waals surface area contributed by atoms with Crippen molar-refractivity contribution in [2.24, 2.45) is 11.7 Å². The molecule has 2 rings (SSSR count). The Bertz CT molecular complexity index is 381. The van der Waals surface area contributed by atoms with Crippen molar-refractivity contribution < 1.29 is 4.74 Å². The van der Waals surface area contributed by atoms with E-state index < -0.39 is 0 Å². The van der Waals surface area contributed by atoms with Crippen molar-refractivity contribution in [2.45, 2.75) is 25.8 Å². The monoisotopic (exact) mass is 248 g/mol. The molecule has 0 unspecified atom stereocenters. The summed E-state index contributed by atoms with van der Waals surface area (Å²) in [5.74, 6) is 1.69. The molecule has 0 saturated carbocycles. The molecule has 1 aromatic rings. The highest BCUT2D eigenvalue weighted by Crippen LogP contribution is 2.27. The van der Waals surface area contributed by atoms with Gasteiger partial charge in [0.15, 0.2) is 0 Å². The first-order valence-corrected chi connectivity index (χ1v) is 6.82. The zero-order valence-electron chi connectivity index (χ0n) is 11.4. The Labute approximate surface area is 110 Å². The summed E-state index contributed by atoms with van der Waals surface area (Å²) in [4.78, 5) is 2.52. The number of likely N-dealkylation sites (tertiary alicyclic amines) is 1. The van der Waals surface area contributed by atoms with Gasteiger partial charge in [-0.05, 0) is 43.0 Å². The fourth-order valence-electron chi connectivity index (χ4n) is 2.85. The normalized spacial score (nSPS) is 22.7. The quantitative estimate of drug-likeness (QED) is 0.889. The fourth-order valence-corrected chi connectivity index (χ4v) is 2.85. The molecule has 0 aromatic heterocycles. The number of nitrogens with two attached hydrogens (primary N) is 1. The van der Waals surface area contributed by atoms with E-state index in [2.05, 4.69) is 24.0 Å². The average molecular weight is 248 g/mol. The summed E-state index contributed by atoms with van der Waals surface area (Å²) in [6.07, 6.45) is 2.62. The molecule has 100 valence electrons. The molecule has 0 aliphatic carbocycles. The van der Waals surface area contributed by atoms with Crippen LogP contribution in [-0.4, -0.2) is 31.6 Å². The van der Waals surface area contributed by atoms with Crippen molar-refractivity contribution in [3.63, 3.8) is 0 Å². The van der Waals surface area contributed by atoms with Gasteiger partial charge >= 0.3 is 0 Å². The molecule has 1 aliphatic rings. The number of hydrogen-bond acceptors (Lipinski definition) is 3. The molecule has 3 nitrogen and oxygen atoms in total. The van der Waals surface area contributed by atoms with Crippen LogP contribution in [0, 0.1) is 5.92 Å². The standard InChI is InChI=1S/C15H24N2O/c1-12-5-4-8-17(11-12)15(10-16)13-6-3-7-14(9-13)18-2/h3,6-7,9,12,15H,4-5,8,10-11,16H2,1-2H3/t12-,15+/m0/s1. The van der Waals surface area contributed by atoms with Gasteiger partial charge in [-0.2, -0.15) is 0 Å². The number of benzene rings is 1. The Kier molecular flexibility index (Phi) is 4.61. The Morgan fingerprint density at radius 1 is 1.50 bits per heavy atom. The molecule has 18 heavy (non-hydrogen) atoms. The second kappa shape index (κ2) is 6.21. The van der Waals surface area contributed by atoms with Crippen molar-refractivity contribution in [3.05, 3.63) is 29.8 Å². The maximum Gasteiger partial charge on any atom is 0.119 e. The predicted octanol–water partition coefficient (Wildman–Crippen LogP) is 2.43. The number of piperidine rings is 1. The molecule has 0 spiro atoms. The second-order valence-electron chi connectivity index (χ2n) is 5.27. The highest BCUT2D eigenvalue weighted by Gasteiger charge is 2.24. The van der Waals surface area contributed by atoms with Crippen LogP contribution in [0.15, 0.2) is 24.3 Å². The molecule has 1 heterocycles. The molecule has 0 amide bonds. The smallest absolute Gasteiger partial charge is 0.119 e. The molecule has 0 radical (unpaired) electrons. The van der Waals surface area contributed by atoms with E-state index in [1.54, 1.807) is 7.11 Å². The van der Waals surface area contributed by atoms with Gasteiger partial charge in [0.2, 0.25) is 0 Å². The third kappa shape index (κ3) is 3.03. The largest absolute Gasteiger partial charge is 0.497 e. The van der Waals surface area contributed by atoms with Crippen LogP contribution in [0.1, 0.15) is 31.4 Å². The van der Waals surface area contributed by atoms with Gasteiger partial charge in [0.05, 0.1) is 7.11 Å². The van der Waals surface area contributed by atoms with E-state index in [9.17, 15) is 0 Å². The van der Waals surface area contributed by atoms with E-state index in [1.807, 2.05) is 12.1 Å². The summed E-state index contributed by atoms with van der Waals surface area (Å²) in [5.41, 5.74) is 7.26. The Balaban J connectivity index is 2.16. The summed E-state index contributed by atoms with van der Waals surface area (Å²) < 4.78 is 5.30. The van der Waals surface area contributed by atoms with Crippen molar-refractivity contribution in [1.29, 1.82) is 0 Å². The minimum Gasteiger partial charge on any atom is -0.497 e. The zero-order chi connectivity index (χ0) is 13.0. The lowest BCUT2D eigenvalue weighted by molar-refractivity contribution is 0.133. The molecule has 1 aliphatic heterocycles. The van der Waals surface area contributed by atoms with Crippen LogP contribution >= 0.6 is 0 Å². The summed E-state index contributed by atoms with van der Waals surface area (Å²) in [6, 6.07) is 8.61. The van der Waals surface area contributed by atoms with E-state index >= 15 is 0 Å². The number of hydrogen-bond donors (Lipinski definition) is 1. The van der Waals surface area contributed by atoms with E-state index in [1.165, 1.54) is 18.4 Å². The summed E-state index contributed by atoms with van der Waals surface area (Å²) in [5, 5.41) is 0. The van der Waals surface area contributed by atoms with Crippen LogP contribution in [0.3, 0.4) is 0 Å². The highest BCUT2D eigenvalue weighted by atomic mass is 16.5. The van der Waals surface area contributed by atoms with Gasteiger partial charge in [0.1, 0.15) is 5.75 Å². The van der Waals surface area contributed by atoms with Gasteiger partial charge in [0, 0.05) is 19.1 Å². The van der Waals surface area contributed by atoms with Crippen LogP contribution in [0.25, 0.3) is 0 Å². The minimum absolute atomic E-state index is 0.322. The van der Waals surface area contributed by atoms with E-state index in [0.29, 0.717) is 12.6 Å². The summed E-state index contributed by atoms with van der Waals surface area (Å²) in [7, 11) is 1.71. The Morgan fingerprint density at radius 2 is 2.33 bits per heavy atom. The maximum atomic E-state index is 5.99. The molecule has 2 atom stereocenters. The lowest BCUT2D eigenvalue weighted by Gasteiger charge is -2.37. The highest BCUT2D eigenvalue weighted by molar-refractivity contribution is 5.30. The topological polar surface area (TPSA) is 38.5 Å². The van der Waals surface area contributed by atoms with Crippen LogP contribution in [0.2, 0.25) is 0 Å². The average Bonchev–Trinajstić information content (AvgIpc) is 2.40. The third-order valence-electron chi connectivity index (χ3n) is 3.83. The number of ether oxygens (including phenoxy) is 1. The van der Waals surface area contributed by atoms with Gasteiger partial charge in [-0.1, -0.05) is 19.1 Å². The maximum absolute atomic E-state index is 5.99. The van der Waals surface area contributed by atoms with Gasteiger partial charge in [-0.15, -0.1) is 0 Å². The molecule has 0 bridgehead atoms. The molecular weight excluding hydrogens is 224 g/mol. The second-order valence-corrected chi connectivity index (χ2v) is 5.27. The Hall–Kier alpha value is -1.06. The first-order valence-electron chi connectivity index (χ1n) is 6.82. The minimum atomic E-state index is 0.322. The fraction of sp³-hybridized carbons (Fsp3) is 0.600. The van der Waals surface area contributed by atoms with Gasteiger partial charge in [-0.3, -0.25) is 4.90 Å². The number of nitrogens with zero attached hydrogens (tertiary/aromatic N) is 1. The predicted molar refractivity (Wildman–Crippen MR) is 74.8 cm³/mol. The van der Waals surface area contributed by atoms with Crippen molar-refractivity contribution in [2.75, 3.05) is 26.7 Å². The summed E-state index contributed by atoms with van der Waals surface area (Å²) >= 11 is 0. The molecule has 2 N–H and O–H groups in total. The van der Waals surface area contributed by atoms with Crippen LogP contribution < -0.4 is 10.5 Å². The first kappa shape index (κ1) is 13.4. The van der Waals surface area contributed by atoms with Crippen LogP contribution in [0.4, 0.5) is 0 Å². The van der Waals surface area contributed by atoms with Crippen molar-refractivity contribution >= 4 is 0 Å². The molecular formula is C15H24N2O. The lowest BCUT2D eigenvalue weighted by Crippen LogP contribution is -2.40. The van der Waals surface area contributed by atoms with Crippen LogP contribution in [-0.2, 0) is 0 Å². The van der Waals surface area contributed by atoms with Crippen molar-refractivity contribution in [1.82, 2.24) is 4.90 Å². The third-order valence-corrected chi connectivity index (χ3v) is 3.83.